The first-order valence-corrected chi connectivity index (χ1v) is 15.1. The molecule has 3 unspecified atom stereocenters. The number of likely N-dealkylation sites (N-methyl/N-ethyl adjacent to an activating group) is 1. The van der Waals surface area contributed by atoms with E-state index in [0.29, 0.717) is 23.9 Å². The molecule has 2 aromatic heterocycles. The first kappa shape index (κ1) is 29.1. The number of piperidine rings is 1. The Morgan fingerprint density at radius 2 is 1.93 bits per heavy atom. The average Bonchev–Trinajstić information content (AvgIpc) is 3.47. The number of fused-ring (bicyclic) bond motifs is 1. The fraction of sp³-hybridized carbons (Fsp3) is 0.759. The largest absolute Gasteiger partial charge is 0.418 e. The number of nitrogens with one attached hydrogen (secondary N) is 2. The Labute approximate surface area is 239 Å². The van der Waals surface area contributed by atoms with Gasteiger partial charge in [0.1, 0.15) is 0 Å². The van der Waals surface area contributed by atoms with Gasteiger partial charge in [-0.25, -0.2) is 15.6 Å². The lowest BCUT2D eigenvalue weighted by atomic mass is 9.78. The Hall–Kier alpha value is -1.96. The Balaban J connectivity index is 1.29. The number of aromatic nitrogens is 2. The summed E-state index contributed by atoms with van der Waals surface area (Å²) in [4.78, 5) is 20.7. The van der Waals surface area contributed by atoms with Gasteiger partial charge in [-0.3, -0.25) is 23.7 Å². The van der Waals surface area contributed by atoms with Crippen LogP contribution in [0.25, 0.3) is 5.52 Å². The van der Waals surface area contributed by atoms with E-state index < -0.39 is 11.7 Å². The summed E-state index contributed by atoms with van der Waals surface area (Å²) in [6, 6.07) is 1.32. The number of rotatable bonds is 7. The van der Waals surface area contributed by atoms with Gasteiger partial charge in [0.05, 0.1) is 30.0 Å². The van der Waals surface area contributed by atoms with Gasteiger partial charge in [0, 0.05) is 57.8 Å². The molecule has 0 spiro atoms. The van der Waals surface area contributed by atoms with Gasteiger partial charge < -0.3 is 4.74 Å². The molecule has 5 heterocycles. The molecule has 41 heavy (non-hydrogen) atoms. The third-order valence-corrected chi connectivity index (χ3v) is 9.87. The molecular weight excluding hydrogens is 535 g/mol. The van der Waals surface area contributed by atoms with E-state index >= 15 is 0 Å². The Bertz CT molecular complexity index is 1270. The summed E-state index contributed by atoms with van der Waals surface area (Å²) >= 11 is 0. The van der Waals surface area contributed by atoms with Crippen LogP contribution < -0.4 is 16.5 Å². The molecule has 6 rings (SSSR count). The smallest absolute Gasteiger partial charge is 0.379 e. The number of likely N-dealkylation sites (tertiary alicyclic amines) is 2. The van der Waals surface area contributed by atoms with Gasteiger partial charge >= 0.3 is 11.9 Å². The van der Waals surface area contributed by atoms with E-state index in [1.165, 1.54) is 16.7 Å². The van der Waals surface area contributed by atoms with Crippen LogP contribution in [0.1, 0.15) is 62.6 Å². The molecule has 2 aromatic rings. The van der Waals surface area contributed by atoms with Crippen molar-refractivity contribution in [2.45, 2.75) is 82.5 Å². The number of imidazole rings is 1. The highest BCUT2D eigenvalue weighted by Crippen LogP contribution is 2.40. The van der Waals surface area contributed by atoms with Crippen LogP contribution in [-0.4, -0.2) is 89.0 Å². The fourth-order valence-electron chi connectivity index (χ4n) is 7.74. The predicted octanol–water partition coefficient (Wildman–Crippen LogP) is 3.11. The van der Waals surface area contributed by atoms with E-state index in [1.54, 1.807) is 17.9 Å². The van der Waals surface area contributed by atoms with Crippen LogP contribution in [0.4, 0.5) is 13.2 Å². The molecule has 1 aliphatic carbocycles. The molecule has 4 fully saturated rings. The van der Waals surface area contributed by atoms with Crippen LogP contribution in [0, 0.1) is 11.8 Å². The molecule has 3 saturated heterocycles. The third-order valence-electron chi connectivity index (χ3n) is 9.87. The van der Waals surface area contributed by atoms with Crippen LogP contribution in [0.15, 0.2) is 23.3 Å². The normalized spacial score (nSPS) is 30.2. The van der Waals surface area contributed by atoms with Gasteiger partial charge in [0.2, 0.25) is 0 Å². The quantitative estimate of drug-likeness (QED) is 0.523. The number of ether oxygens (including phenoxy) is 1. The van der Waals surface area contributed by atoms with Gasteiger partial charge in [-0.15, -0.1) is 0 Å². The maximum absolute atomic E-state index is 14.3. The highest BCUT2D eigenvalue weighted by molar-refractivity contribution is 5.56. The molecule has 0 bridgehead atoms. The molecule has 3 aliphatic heterocycles. The second kappa shape index (κ2) is 11.6. The minimum atomic E-state index is -4.55. The minimum absolute atomic E-state index is 0.0518. The van der Waals surface area contributed by atoms with Crippen molar-refractivity contribution in [1.82, 2.24) is 34.5 Å². The zero-order chi connectivity index (χ0) is 28.9. The maximum atomic E-state index is 14.3. The zero-order valence-corrected chi connectivity index (χ0v) is 24.4. The first-order chi connectivity index (χ1) is 19.6. The molecular formula is C29H44F3N7O2. The maximum Gasteiger partial charge on any atom is 0.418 e. The Morgan fingerprint density at radius 1 is 1.12 bits per heavy atom. The summed E-state index contributed by atoms with van der Waals surface area (Å²) in [5.74, 6) is 0.813. The van der Waals surface area contributed by atoms with E-state index in [0.717, 1.165) is 71.4 Å². The summed E-state index contributed by atoms with van der Waals surface area (Å²) in [5, 5.41) is 0. The molecule has 5 atom stereocenters. The van der Waals surface area contributed by atoms with Crippen molar-refractivity contribution >= 4 is 5.52 Å². The Morgan fingerprint density at radius 3 is 2.61 bits per heavy atom. The summed E-state index contributed by atoms with van der Waals surface area (Å²) < 4.78 is 51.4. The molecule has 0 amide bonds. The second-order valence-corrected chi connectivity index (χ2v) is 12.9. The number of hydrogen-bond acceptors (Lipinski definition) is 7. The fourth-order valence-corrected chi connectivity index (χ4v) is 7.74. The van der Waals surface area contributed by atoms with Crippen molar-refractivity contribution in [3.8, 4) is 0 Å². The summed E-state index contributed by atoms with van der Waals surface area (Å²) in [6.45, 7) is 6.79. The molecule has 0 radical (unpaired) electrons. The molecule has 4 aliphatic rings. The van der Waals surface area contributed by atoms with E-state index in [-0.39, 0.29) is 35.6 Å². The summed E-state index contributed by atoms with van der Waals surface area (Å²) in [5.41, 5.74) is 6.06. The standard InChI is InChI=1S/C29H44F3N7O2/c1-19-6-5-9-36(12-19)13-20-10-24(29(30,31)32)25-17-38(28(40)39(25)14-20)22-8-4-7-21(11-22)26(27-34-33-18-35(27)2)37-15-23(16-37)41-3/h10,14,17,19,21-23,26-27,33-34H,4-9,11-13,15-16,18H2,1-3H3/t19-,21?,22?,26+,27?/m0/s1. The Kier molecular flexibility index (Phi) is 8.25. The predicted molar refractivity (Wildman–Crippen MR) is 150 cm³/mol. The number of nitrogens with zero attached hydrogens (tertiary/aromatic N) is 5. The molecule has 12 heteroatoms. The van der Waals surface area contributed by atoms with Gasteiger partial charge in [0.15, 0.2) is 0 Å². The highest BCUT2D eigenvalue weighted by atomic mass is 19.4. The van der Waals surface area contributed by atoms with E-state index in [4.69, 9.17) is 4.74 Å². The number of hydrazine groups is 1. The first-order valence-electron chi connectivity index (χ1n) is 15.1. The molecule has 0 aromatic carbocycles. The van der Waals surface area contributed by atoms with Crippen LogP contribution in [0.3, 0.4) is 0 Å². The zero-order valence-electron chi connectivity index (χ0n) is 24.4. The van der Waals surface area contributed by atoms with E-state index in [1.807, 2.05) is 0 Å². The lowest BCUT2D eigenvalue weighted by Gasteiger charge is -2.50. The van der Waals surface area contributed by atoms with Gasteiger partial charge in [-0.1, -0.05) is 13.3 Å². The topological polar surface area (TPSA) is 69.4 Å². The van der Waals surface area contributed by atoms with Crippen molar-refractivity contribution in [3.63, 3.8) is 0 Å². The van der Waals surface area contributed by atoms with Gasteiger partial charge in [-0.05, 0) is 69.2 Å². The van der Waals surface area contributed by atoms with Crippen LogP contribution >= 0.6 is 0 Å². The number of halogens is 3. The SMILES string of the molecule is COC1CN([C@H](C2CCCC(n3cc4c(C(F)(F)F)cc(CN5CCC[C@H](C)C5)cn4c3=O)C2)C2NNCN2C)C1. The van der Waals surface area contributed by atoms with Crippen LogP contribution in [0.5, 0.6) is 0 Å². The van der Waals surface area contributed by atoms with E-state index in [9.17, 15) is 18.0 Å². The molecule has 1 saturated carbocycles. The van der Waals surface area contributed by atoms with Gasteiger partial charge in [0.25, 0.3) is 0 Å². The molecule has 228 valence electrons. The highest BCUT2D eigenvalue weighted by Gasteiger charge is 2.45. The monoisotopic (exact) mass is 579 g/mol. The van der Waals surface area contributed by atoms with Crippen molar-refractivity contribution in [3.05, 3.63) is 40.1 Å². The number of hydrogen-bond donors (Lipinski definition) is 2. The lowest BCUT2D eigenvalue weighted by Crippen LogP contribution is -2.65. The van der Waals surface area contributed by atoms with Crippen molar-refractivity contribution in [2.75, 3.05) is 47.0 Å². The van der Waals surface area contributed by atoms with Gasteiger partial charge in [-0.2, -0.15) is 13.2 Å². The molecule has 2 N–H and O–H groups in total. The summed E-state index contributed by atoms with van der Waals surface area (Å²) in [7, 11) is 3.83. The number of methoxy groups -OCH3 is 1. The lowest BCUT2D eigenvalue weighted by molar-refractivity contribution is -0.136. The number of alkyl halides is 3. The van der Waals surface area contributed by atoms with Crippen molar-refractivity contribution < 1.29 is 17.9 Å². The van der Waals surface area contributed by atoms with Crippen molar-refractivity contribution in [2.24, 2.45) is 11.8 Å². The average molecular weight is 580 g/mol. The number of pyridine rings is 1. The van der Waals surface area contributed by atoms with E-state index in [2.05, 4.69) is 39.5 Å². The van der Waals surface area contributed by atoms with Crippen LogP contribution in [-0.2, 0) is 17.5 Å². The van der Waals surface area contributed by atoms with Crippen LogP contribution in [0.2, 0.25) is 0 Å². The third kappa shape index (κ3) is 5.83. The summed E-state index contributed by atoms with van der Waals surface area (Å²) in [6.07, 6.45) is 4.56. The second-order valence-electron chi connectivity index (χ2n) is 12.9. The van der Waals surface area contributed by atoms with Crippen molar-refractivity contribution in [1.29, 1.82) is 0 Å². The minimum Gasteiger partial charge on any atom is -0.379 e. The molecule has 9 nitrogen and oxygen atoms in total.